The molecule has 1 saturated heterocycles. The first kappa shape index (κ1) is 14.5. The normalized spacial score (nSPS) is 21.2. The molecule has 0 bridgehead atoms. The second kappa shape index (κ2) is 7.03. The SMILES string of the molecule is CCC(CC)n1ccc(CC(NN)C2CCOC2)n1. The molecule has 108 valence electrons. The summed E-state index contributed by atoms with van der Waals surface area (Å²) in [6, 6.07) is 2.87. The summed E-state index contributed by atoms with van der Waals surface area (Å²) in [6.07, 6.45) is 6.28. The maximum Gasteiger partial charge on any atom is 0.0640 e. The van der Waals surface area contributed by atoms with E-state index in [0.29, 0.717) is 12.0 Å². The van der Waals surface area contributed by atoms with Crippen LogP contribution in [0.15, 0.2) is 12.3 Å². The number of nitrogens with zero attached hydrogens (tertiary/aromatic N) is 2. The van der Waals surface area contributed by atoms with Gasteiger partial charge >= 0.3 is 0 Å². The molecule has 0 aromatic carbocycles. The highest BCUT2D eigenvalue weighted by Crippen LogP contribution is 2.20. The van der Waals surface area contributed by atoms with Crippen LogP contribution >= 0.6 is 0 Å². The molecular weight excluding hydrogens is 240 g/mol. The van der Waals surface area contributed by atoms with Gasteiger partial charge in [-0.1, -0.05) is 13.8 Å². The molecule has 5 heteroatoms. The fourth-order valence-corrected chi connectivity index (χ4v) is 2.81. The molecule has 0 saturated carbocycles. The molecule has 2 atom stereocenters. The number of hydrogen-bond donors (Lipinski definition) is 2. The predicted molar refractivity (Wildman–Crippen MR) is 75.6 cm³/mol. The van der Waals surface area contributed by atoms with Crippen LogP contribution in [0, 0.1) is 5.92 Å². The van der Waals surface area contributed by atoms with E-state index >= 15 is 0 Å². The van der Waals surface area contributed by atoms with Crippen LogP contribution in [0.2, 0.25) is 0 Å². The Hall–Kier alpha value is -0.910. The number of hydrogen-bond acceptors (Lipinski definition) is 4. The van der Waals surface area contributed by atoms with Gasteiger partial charge in [0.15, 0.2) is 0 Å². The minimum atomic E-state index is 0.257. The van der Waals surface area contributed by atoms with Gasteiger partial charge in [0.25, 0.3) is 0 Å². The molecule has 0 spiro atoms. The maximum absolute atomic E-state index is 5.68. The van der Waals surface area contributed by atoms with Gasteiger partial charge in [0, 0.05) is 31.2 Å². The van der Waals surface area contributed by atoms with Crippen molar-refractivity contribution in [1.82, 2.24) is 15.2 Å². The lowest BCUT2D eigenvalue weighted by Gasteiger charge is -2.20. The summed E-state index contributed by atoms with van der Waals surface area (Å²) in [5.41, 5.74) is 4.04. The van der Waals surface area contributed by atoms with Crippen molar-refractivity contribution in [1.29, 1.82) is 0 Å². The van der Waals surface area contributed by atoms with E-state index in [-0.39, 0.29) is 6.04 Å². The van der Waals surface area contributed by atoms with E-state index in [0.717, 1.165) is 44.6 Å². The minimum absolute atomic E-state index is 0.257. The maximum atomic E-state index is 5.68. The first-order valence-electron chi connectivity index (χ1n) is 7.36. The highest BCUT2D eigenvalue weighted by Gasteiger charge is 2.25. The van der Waals surface area contributed by atoms with Crippen LogP contribution in [0.3, 0.4) is 0 Å². The Kier molecular flexibility index (Phi) is 5.36. The van der Waals surface area contributed by atoms with Crippen molar-refractivity contribution in [2.75, 3.05) is 13.2 Å². The molecule has 1 aliphatic heterocycles. The van der Waals surface area contributed by atoms with Crippen LogP contribution in [0.4, 0.5) is 0 Å². The molecule has 5 nitrogen and oxygen atoms in total. The number of ether oxygens (including phenoxy) is 1. The lowest BCUT2D eigenvalue weighted by Crippen LogP contribution is -2.42. The molecule has 0 radical (unpaired) electrons. The molecule has 1 aromatic rings. The van der Waals surface area contributed by atoms with Crippen molar-refractivity contribution < 1.29 is 4.74 Å². The Morgan fingerprint density at radius 3 is 2.89 bits per heavy atom. The lowest BCUT2D eigenvalue weighted by molar-refractivity contribution is 0.176. The smallest absolute Gasteiger partial charge is 0.0640 e. The van der Waals surface area contributed by atoms with Crippen LogP contribution < -0.4 is 11.3 Å². The highest BCUT2D eigenvalue weighted by molar-refractivity contribution is 5.03. The van der Waals surface area contributed by atoms with Gasteiger partial charge in [-0.25, -0.2) is 0 Å². The third kappa shape index (κ3) is 3.55. The monoisotopic (exact) mass is 266 g/mol. The molecule has 1 aromatic heterocycles. The Bertz CT molecular complexity index is 369. The topological polar surface area (TPSA) is 65.1 Å². The molecular formula is C14H26N4O. The summed E-state index contributed by atoms with van der Waals surface area (Å²) in [4.78, 5) is 0. The third-order valence-corrected chi connectivity index (χ3v) is 4.16. The first-order chi connectivity index (χ1) is 9.28. The van der Waals surface area contributed by atoms with Gasteiger partial charge in [-0.2, -0.15) is 5.10 Å². The van der Waals surface area contributed by atoms with Crippen molar-refractivity contribution >= 4 is 0 Å². The van der Waals surface area contributed by atoms with Gasteiger partial charge in [0.2, 0.25) is 0 Å². The van der Waals surface area contributed by atoms with E-state index < -0.39 is 0 Å². The van der Waals surface area contributed by atoms with E-state index in [9.17, 15) is 0 Å². The number of hydrazine groups is 1. The zero-order valence-electron chi connectivity index (χ0n) is 12.0. The number of rotatable bonds is 7. The standard InChI is InChI=1S/C14H26N4O/c1-3-13(4-2)18-7-5-12(17-18)9-14(16-15)11-6-8-19-10-11/h5,7,11,13-14,16H,3-4,6,8-10,15H2,1-2H3. The molecule has 19 heavy (non-hydrogen) atoms. The Morgan fingerprint density at radius 2 is 2.32 bits per heavy atom. The summed E-state index contributed by atoms with van der Waals surface area (Å²) in [5.74, 6) is 6.18. The van der Waals surface area contributed by atoms with Crippen molar-refractivity contribution in [3.05, 3.63) is 18.0 Å². The zero-order chi connectivity index (χ0) is 13.7. The fraction of sp³-hybridized carbons (Fsp3) is 0.786. The summed E-state index contributed by atoms with van der Waals surface area (Å²) < 4.78 is 7.53. The first-order valence-corrected chi connectivity index (χ1v) is 7.36. The molecule has 2 heterocycles. The molecule has 3 N–H and O–H groups in total. The summed E-state index contributed by atoms with van der Waals surface area (Å²) in [7, 11) is 0. The second-order valence-corrected chi connectivity index (χ2v) is 5.36. The second-order valence-electron chi connectivity index (χ2n) is 5.36. The Labute approximate surface area is 115 Å². The van der Waals surface area contributed by atoms with E-state index in [1.807, 2.05) is 0 Å². The van der Waals surface area contributed by atoms with Crippen molar-refractivity contribution in [3.63, 3.8) is 0 Å². The summed E-state index contributed by atoms with van der Waals surface area (Å²) >= 11 is 0. The van der Waals surface area contributed by atoms with E-state index in [1.165, 1.54) is 0 Å². The Morgan fingerprint density at radius 1 is 1.53 bits per heavy atom. The highest BCUT2D eigenvalue weighted by atomic mass is 16.5. The number of nitrogens with one attached hydrogen (secondary N) is 1. The van der Waals surface area contributed by atoms with Crippen LogP contribution in [0.5, 0.6) is 0 Å². The molecule has 1 aliphatic rings. The van der Waals surface area contributed by atoms with Crippen LogP contribution in [-0.2, 0) is 11.2 Å². The van der Waals surface area contributed by atoms with E-state index in [4.69, 9.17) is 15.7 Å². The summed E-state index contributed by atoms with van der Waals surface area (Å²) in [6.45, 7) is 6.07. The predicted octanol–water partition coefficient (Wildman–Crippen LogP) is 1.66. The molecule has 0 amide bonds. The molecule has 0 aliphatic carbocycles. The lowest BCUT2D eigenvalue weighted by atomic mass is 9.95. The number of aromatic nitrogens is 2. The molecule has 2 rings (SSSR count). The fourth-order valence-electron chi connectivity index (χ4n) is 2.81. The molecule has 2 unspecified atom stereocenters. The zero-order valence-corrected chi connectivity index (χ0v) is 12.0. The summed E-state index contributed by atoms with van der Waals surface area (Å²) in [5, 5.41) is 4.69. The van der Waals surface area contributed by atoms with Crippen LogP contribution in [0.25, 0.3) is 0 Å². The van der Waals surface area contributed by atoms with Gasteiger partial charge in [0.1, 0.15) is 0 Å². The Balaban J connectivity index is 1.97. The number of nitrogens with two attached hydrogens (primary N) is 1. The van der Waals surface area contributed by atoms with E-state index in [2.05, 4.69) is 36.2 Å². The van der Waals surface area contributed by atoms with Crippen LogP contribution in [0.1, 0.15) is 44.8 Å². The average Bonchev–Trinajstić information content (AvgIpc) is 3.09. The van der Waals surface area contributed by atoms with Gasteiger partial charge < -0.3 is 4.74 Å². The third-order valence-electron chi connectivity index (χ3n) is 4.16. The van der Waals surface area contributed by atoms with Gasteiger partial charge in [0.05, 0.1) is 18.3 Å². The molecule has 1 fully saturated rings. The largest absolute Gasteiger partial charge is 0.381 e. The van der Waals surface area contributed by atoms with Crippen molar-refractivity contribution in [2.24, 2.45) is 11.8 Å². The average molecular weight is 266 g/mol. The van der Waals surface area contributed by atoms with E-state index in [1.54, 1.807) is 0 Å². The van der Waals surface area contributed by atoms with Gasteiger partial charge in [-0.15, -0.1) is 0 Å². The quantitative estimate of drug-likeness (QED) is 0.582. The van der Waals surface area contributed by atoms with Crippen molar-refractivity contribution in [2.45, 2.75) is 51.6 Å². The minimum Gasteiger partial charge on any atom is -0.381 e. The van der Waals surface area contributed by atoms with Gasteiger partial charge in [-0.05, 0) is 25.3 Å². The van der Waals surface area contributed by atoms with Crippen LogP contribution in [-0.4, -0.2) is 29.0 Å². The van der Waals surface area contributed by atoms with Crippen molar-refractivity contribution in [3.8, 4) is 0 Å². The van der Waals surface area contributed by atoms with Gasteiger partial charge in [-0.3, -0.25) is 16.0 Å².